The first kappa shape index (κ1) is 26.8. The van der Waals surface area contributed by atoms with Gasteiger partial charge in [-0.15, -0.1) is 0 Å². The number of rotatable bonds is 9. The number of benzene rings is 3. The van der Waals surface area contributed by atoms with Gasteiger partial charge in [-0.25, -0.2) is 8.42 Å². The van der Waals surface area contributed by atoms with Gasteiger partial charge in [0.2, 0.25) is 11.5 Å². The zero-order valence-corrected chi connectivity index (χ0v) is 22.6. The van der Waals surface area contributed by atoms with Crippen molar-refractivity contribution >= 4 is 15.6 Å². The normalized spacial score (nSPS) is 15.1. The van der Waals surface area contributed by atoms with Crippen molar-refractivity contribution in [2.24, 2.45) is 0 Å². The number of ketones is 1. The molecule has 5 rings (SSSR count). The van der Waals surface area contributed by atoms with Gasteiger partial charge < -0.3 is 18.7 Å². The maximum Gasteiger partial charge on any atom is 0.238 e. The van der Waals surface area contributed by atoms with E-state index in [2.05, 4.69) is 5.16 Å². The first-order chi connectivity index (χ1) is 18.8. The van der Waals surface area contributed by atoms with Gasteiger partial charge >= 0.3 is 0 Å². The number of aromatic nitrogens is 1. The molecule has 0 radical (unpaired) electrons. The average molecular weight is 548 g/mol. The fourth-order valence-electron chi connectivity index (χ4n) is 4.81. The minimum Gasteiger partial charge on any atom is -0.485 e. The molecule has 1 fully saturated rings. The molecule has 0 bridgehead atoms. The molecule has 202 valence electrons. The number of nitrogens with zero attached hydrogens (tertiary/aromatic N) is 1. The number of carbonyl (C=O) groups is 1. The molecule has 39 heavy (non-hydrogen) atoms. The minimum absolute atomic E-state index is 0.0369. The fourth-order valence-corrected chi connectivity index (χ4v) is 5.44. The number of sulfone groups is 1. The van der Waals surface area contributed by atoms with Crippen molar-refractivity contribution in [1.29, 1.82) is 0 Å². The molecule has 0 N–H and O–H groups in total. The van der Waals surface area contributed by atoms with Gasteiger partial charge in [0, 0.05) is 45.0 Å². The van der Waals surface area contributed by atoms with Crippen LogP contribution in [0, 0.1) is 0 Å². The highest BCUT2D eigenvalue weighted by Gasteiger charge is 2.34. The smallest absolute Gasteiger partial charge is 0.238 e. The summed E-state index contributed by atoms with van der Waals surface area (Å²) in [5.74, 6) is 0.172. The van der Waals surface area contributed by atoms with E-state index in [-0.39, 0.29) is 17.3 Å². The lowest BCUT2D eigenvalue weighted by molar-refractivity contribution is -0.0948. The minimum atomic E-state index is -3.38. The number of carbonyl (C=O) groups excluding carboxylic acids is 1. The second-order valence-corrected chi connectivity index (χ2v) is 11.5. The Balaban J connectivity index is 1.43. The second kappa shape index (κ2) is 11.1. The fraction of sp³-hybridized carbons (Fsp3) is 0.267. The molecule has 1 aliphatic rings. The van der Waals surface area contributed by atoms with Crippen LogP contribution < -0.4 is 4.74 Å². The van der Waals surface area contributed by atoms with E-state index in [4.69, 9.17) is 18.7 Å². The Bertz CT molecular complexity index is 1550. The summed E-state index contributed by atoms with van der Waals surface area (Å²) >= 11 is 0. The highest BCUT2D eigenvalue weighted by Crippen LogP contribution is 2.38. The molecule has 0 spiro atoms. The van der Waals surface area contributed by atoms with E-state index < -0.39 is 21.2 Å². The molecule has 0 saturated carbocycles. The van der Waals surface area contributed by atoms with Gasteiger partial charge in [0.05, 0.1) is 16.1 Å². The van der Waals surface area contributed by atoms with Crippen LogP contribution in [0.5, 0.6) is 5.75 Å². The lowest BCUT2D eigenvalue weighted by Crippen LogP contribution is -2.35. The summed E-state index contributed by atoms with van der Waals surface area (Å²) in [5, 5.41) is 4.21. The first-order valence-electron chi connectivity index (χ1n) is 12.6. The van der Waals surface area contributed by atoms with E-state index in [1.54, 1.807) is 25.3 Å². The zero-order chi connectivity index (χ0) is 27.5. The number of hydrogen-bond acceptors (Lipinski definition) is 8. The monoisotopic (exact) mass is 547 g/mol. The van der Waals surface area contributed by atoms with Gasteiger partial charge in [0.25, 0.3) is 0 Å². The third-order valence-corrected chi connectivity index (χ3v) is 8.11. The summed E-state index contributed by atoms with van der Waals surface area (Å²) in [6, 6.07) is 23.2. The van der Waals surface area contributed by atoms with Gasteiger partial charge in [-0.05, 0) is 35.4 Å². The largest absolute Gasteiger partial charge is 0.485 e. The van der Waals surface area contributed by atoms with Crippen molar-refractivity contribution in [2.45, 2.75) is 23.3 Å². The maximum atomic E-state index is 13.4. The van der Waals surface area contributed by atoms with E-state index >= 15 is 0 Å². The molecule has 2 heterocycles. The van der Waals surface area contributed by atoms with Crippen molar-refractivity contribution in [3.63, 3.8) is 0 Å². The van der Waals surface area contributed by atoms with E-state index in [9.17, 15) is 13.2 Å². The summed E-state index contributed by atoms with van der Waals surface area (Å²) in [6.07, 6.45) is 2.61. The van der Waals surface area contributed by atoms with Crippen LogP contribution >= 0.6 is 0 Å². The molecule has 0 atom stereocenters. The average Bonchev–Trinajstić information content (AvgIpc) is 3.42. The van der Waals surface area contributed by atoms with Gasteiger partial charge in [-0.1, -0.05) is 59.8 Å². The standard InChI is InChI=1S/C30H29NO7S/c1-35-30(15-17-36-18-16-30)23-9-6-10-24(19-23)37-20-26(32)29-27(21-11-13-25(14-12-21)39(2,33)34)28(31-38-29)22-7-4-3-5-8-22/h3-14,19H,15-18,20H2,1-2H3. The van der Waals surface area contributed by atoms with Crippen LogP contribution in [0.3, 0.4) is 0 Å². The molecule has 0 aliphatic carbocycles. The van der Waals surface area contributed by atoms with Crippen LogP contribution in [-0.2, 0) is 24.9 Å². The molecule has 0 unspecified atom stereocenters. The molecule has 1 aliphatic heterocycles. The third kappa shape index (κ3) is 5.66. The molecular weight excluding hydrogens is 518 g/mol. The van der Waals surface area contributed by atoms with Crippen LogP contribution in [0.25, 0.3) is 22.4 Å². The summed E-state index contributed by atoms with van der Waals surface area (Å²) < 4.78 is 46.8. The highest BCUT2D eigenvalue weighted by atomic mass is 32.2. The SMILES string of the molecule is COC1(c2cccc(OCC(=O)c3onc(-c4ccccc4)c3-c3ccc(S(C)(=O)=O)cc3)c2)CCOCC1. The molecule has 4 aromatic rings. The highest BCUT2D eigenvalue weighted by molar-refractivity contribution is 7.90. The Hall–Kier alpha value is -3.79. The van der Waals surface area contributed by atoms with Gasteiger partial charge in [-0.2, -0.15) is 0 Å². The predicted octanol–water partition coefficient (Wildman–Crippen LogP) is 5.33. The molecule has 3 aromatic carbocycles. The predicted molar refractivity (Wildman–Crippen MR) is 145 cm³/mol. The van der Waals surface area contributed by atoms with Crippen molar-refractivity contribution in [3.05, 3.63) is 90.2 Å². The van der Waals surface area contributed by atoms with Crippen LogP contribution in [0.2, 0.25) is 0 Å². The van der Waals surface area contributed by atoms with Crippen molar-refractivity contribution < 1.29 is 31.9 Å². The summed E-state index contributed by atoms with van der Waals surface area (Å²) in [4.78, 5) is 13.6. The van der Waals surface area contributed by atoms with Crippen LogP contribution in [0.15, 0.2) is 88.3 Å². The van der Waals surface area contributed by atoms with Crippen molar-refractivity contribution in [1.82, 2.24) is 5.16 Å². The number of ether oxygens (including phenoxy) is 3. The first-order valence-corrected chi connectivity index (χ1v) is 14.4. The number of Topliss-reactive ketones (excluding diaryl/α,β-unsaturated/α-hetero) is 1. The molecule has 0 amide bonds. The zero-order valence-electron chi connectivity index (χ0n) is 21.8. The Kier molecular flexibility index (Phi) is 7.65. The number of hydrogen-bond donors (Lipinski definition) is 0. The topological polar surface area (TPSA) is 105 Å². The molecule has 9 heteroatoms. The van der Waals surface area contributed by atoms with Crippen LogP contribution in [-0.4, -0.2) is 52.5 Å². The Morgan fingerprint density at radius 3 is 2.33 bits per heavy atom. The molecular formula is C30H29NO7S. The lowest BCUT2D eigenvalue weighted by Gasteiger charge is -2.36. The van der Waals surface area contributed by atoms with Gasteiger partial charge in [0.15, 0.2) is 16.4 Å². The van der Waals surface area contributed by atoms with Crippen LogP contribution in [0.4, 0.5) is 0 Å². The molecule has 1 aromatic heterocycles. The van der Waals surface area contributed by atoms with Crippen molar-refractivity contribution in [2.75, 3.05) is 33.2 Å². The third-order valence-electron chi connectivity index (χ3n) is 6.98. The summed E-state index contributed by atoms with van der Waals surface area (Å²) in [6.45, 7) is 0.950. The van der Waals surface area contributed by atoms with Gasteiger partial charge in [0.1, 0.15) is 11.4 Å². The van der Waals surface area contributed by atoms with Crippen LogP contribution in [0.1, 0.15) is 29.0 Å². The Labute approximate surface area is 227 Å². The number of methoxy groups -OCH3 is 1. The van der Waals surface area contributed by atoms with E-state index in [0.29, 0.717) is 35.8 Å². The van der Waals surface area contributed by atoms with E-state index in [0.717, 1.165) is 30.2 Å². The second-order valence-electron chi connectivity index (χ2n) is 9.45. The maximum absolute atomic E-state index is 13.4. The summed E-state index contributed by atoms with van der Waals surface area (Å²) in [7, 11) is -1.68. The summed E-state index contributed by atoms with van der Waals surface area (Å²) in [5.41, 5.74) is 2.84. The van der Waals surface area contributed by atoms with E-state index in [1.165, 1.54) is 12.1 Å². The Morgan fingerprint density at radius 2 is 1.67 bits per heavy atom. The molecule has 8 nitrogen and oxygen atoms in total. The lowest BCUT2D eigenvalue weighted by atomic mass is 9.86. The van der Waals surface area contributed by atoms with Gasteiger partial charge in [-0.3, -0.25) is 4.79 Å². The quantitative estimate of drug-likeness (QED) is 0.259. The van der Waals surface area contributed by atoms with E-state index in [1.807, 2.05) is 48.5 Å². The van der Waals surface area contributed by atoms with Crippen molar-refractivity contribution in [3.8, 4) is 28.1 Å². The Morgan fingerprint density at radius 1 is 0.949 bits per heavy atom. The molecule has 1 saturated heterocycles.